The van der Waals surface area contributed by atoms with Crippen molar-refractivity contribution in [3.63, 3.8) is 0 Å². The Kier molecular flexibility index (Phi) is 7.07. The summed E-state index contributed by atoms with van der Waals surface area (Å²) in [6.45, 7) is 0. The molecule has 0 saturated heterocycles. The predicted molar refractivity (Wildman–Crippen MR) is 116 cm³/mol. The normalized spacial score (nSPS) is 10.3. The molecule has 4 rings (SSSR count). The van der Waals surface area contributed by atoms with Crippen LogP contribution in [0.5, 0.6) is 0 Å². The lowest BCUT2D eigenvalue weighted by atomic mass is 9.88. The smallest absolute Gasteiger partial charge is 0.324 e. The zero-order valence-electron chi connectivity index (χ0n) is 15.2. The van der Waals surface area contributed by atoms with Crippen LogP contribution in [0, 0.1) is 0 Å². The Morgan fingerprint density at radius 1 is 0.393 bits per heavy atom. The van der Waals surface area contributed by atoms with Gasteiger partial charge in [0.15, 0.2) is 0 Å². The molecular weight excluding hydrogens is 367 g/mol. The monoisotopic (exact) mass is 388 g/mol. The van der Waals surface area contributed by atoms with Crippen LogP contribution in [0.3, 0.4) is 0 Å². The fourth-order valence-electron chi connectivity index (χ4n) is 3.18. The van der Waals surface area contributed by atoms with E-state index in [-0.39, 0.29) is 0 Å². The van der Waals surface area contributed by atoms with Crippen molar-refractivity contribution in [2.75, 3.05) is 0 Å². The zero-order chi connectivity index (χ0) is 19.8. The van der Waals surface area contributed by atoms with Gasteiger partial charge in [0, 0.05) is 0 Å². The Morgan fingerprint density at radius 3 is 1.07 bits per heavy atom. The lowest BCUT2D eigenvalue weighted by molar-refractivity contribution is 0.368. The summed E-state index contributed by atoms with van der Waals surface area (Å²) in [7, 11) is -2.62. The summed E-state index contributed by atoms with van der Waals surface area (Å²) < 4.78 is 0. The van der Waals surface area contributed by atoms with Crippen LogP contribution in [0.15, 0.2) is 109 Å². The van der Waals surface area contributed by atoms with Crippen molar-refractivity contribution in [2.45, 2.75) is 0 Å². The maximum Gasteiger partial charge on any atom is 0.324 e. The molecule has 0 amide bonds. The molecule has 3 nitrogen and oxygen atoms in total. The Balaban J connectivity index is 0.000000516. The zero-order valence-corrected chi connectivity index (χ0v) is 16.1. The highest BCUT2D eigenvalue weighted by atomic mass is 31.2. The minimum atomic E-state index is -2.62. The Morgan fingerprint density at radius 2 is 0.714 bits per heavy atom. The molecule has 4 heteroatoms. The fourth-order valence-corrected chi connectivity index (χ4v) is 3.18. The molecule has 0 heterocycles. The quantitative estimate of drug-likeness (QED) is 0.384. The van der Waals surface area contributed by atoms with Gasteiger partial charge in [-0.1, -0.05) is 109 Å². The number of hydrogen-bond acceptors (Lipinski definition) is 3. The lowest BCUT2D eigenvalue weighted by Crippen LogP contribution is -1.90. The molecule has 0 fully saturated rings. The Labute approximate surface area is 166 Å². The first-order valence-electron chi connectivity index (χ1n) is 8.83. The van der Waals surface area contributed by atoms with E-state index in [1.807, 2.05) is 0 Å². The molecule has 0 bridgehead atoms. The van der Waals surface area contributed by atoms with Gasteiger partial charge in [0.2, 0.25) is 0 Å². The van der Waals surface area contributed by atoms with Crippen molar-refractivity contribution in [3.05, 3.63) is 109 Å². The second-order valence-electron chi connectivity index (χ2n) is 6.09. The largest absolute Gasteiger partial charge is 0.328 e. The summed E-state index contributed by atoms with van der Waals surface area (Å²) in [5.74, 6) is 0. The van der Waals surface area contributed by atoms with Crippen LogP contribution in [0.2, 0.25) is 0 Å². The first-order chi connectivity index (χ1) is 13.7. The minimum Gasteiger partial charge on any atom is -0.328 e. The highest BCUT2D eigenvalue weighted by molar-refractivity contribution is 7.38. The lowest BCUT2D eigenvalue weighted by Gasteiger charge is -2.16. The van der Waals surface area contributed by atoms with Crippen molar-refractivity contribution >= 4 is 8.60 Å². The molecule has 0 aliphatic rings. The van der Waals surface area contributed by atoms with Crippen LogP contribution in [-0.2, 0) is 0 Å². The number of benzene rings is 4. The third-order valence-electron chi connectivity index (χ3n) is 4.30. The molecule has 3 N–H and O–H groups in total. The van der Waals surface area contributed by atoms with E-state index in [0.29, 0.717) is 0 Å². The summed E-state index contributed by atoms with van der Waals surface area (Å²) in [5.41, 5.74) is 7.56. The number of hydrogen-bond donors (Lipinski definition) is 3. The Hall–Kier alpha value is -2.81. The first kappa shape index (κ1) is 19.9. The third-order valence-corrected chi connectivity index (χ3v) is 4.30. The maximum atomic E-state index is 7.23. The van der Waals surface area contributed by atoms with E-state index >= 15 is 0 Å². The third kappa shape index (κ3) is 5.13. The van der Waals surface area contributed by atoms with Crippen molar-refractivity contribution < 1.29 is 14.7 Å². The molecule has 0 spiro atoms. The second kappa shape index (κ2) is 9.93. The van der Waals surface area contributed by atoms with Crippen molar-refractivity contribution in [3.8, 4) is 33.4 Å². The summed E-state index contributed by atoms with van der Waals surface area (Å²) in [4.78, 5) is 21.7. The molecule has 0 aliphatic heterocycles. The van der Waals surface area contributed by atoms with Gasteiger partial charge in [-0.05, 0) is 33.4 Å². The fraction of sp³-hybridized carbons (Fsp3) is 0. The second-order valence-corrected chi connectivity index (χ2v) is 6.63. The minimum absolute atomic E-state index is 1.24. The molecule has 0 aliphatic carbocycles. The van der Waals surface area contributed by atoms with Crippen molar-refractivity contribution in [1.29, 1.82) is 0 Å². The molecule has 0 aromatic heterocycles. The van der Waals surface area contributed by atoms with Gasteiger partial charge in [-0.15, -0.1) is 0 Å². The van der Waals surface area contributed by atoms with E-state index in [1.165, 1.54) is 33.4 Å². The van der Waals surface area contributed by atoms with Crippen molar-refractivity contribution in [2.24, 2.45) is 0 Å². The van der Waals surface area contributed by atoms with Crippen molar-refractivity contribution in [1.82, 2.24) is 0 Å². The maximum absolute atomic E-state index is 7.23. The van der Waals surface area contributed by atoms with Crippen LogP contribution in [0.4, 0.5) is 0 Å². The predicted octanol–water partition coefficient (Wildman–Crippen LogP) is 5.88. The summed E-state index contributed by atoms with van der Waals surface area (Å²) in [5, 5.41) is 0. The summed E-state index contributed by atoms with van der Waals surface area (Å²) in [6, 6.07) is 38.4. The van der Waals surface area contributed by atoms with Gasteiger partial charge in [-0.2, -0.15) is 0 Å². The SMILES string of the molecule is OP(O)O.c1ccc(-c2cccc(-c3ccccc3)c2-c2ccccc2)cc1. The summed E-state index contributed by atoms with van der Waals surface area (Å²) in [6.07, 6.45) is 0. The van der Waals surface area contributed by atoms with E-state index < -0.39 is 8.60 Å². The van der Waals surface area contributed by atoms with Gasteiger partial charge in [0.25, 0.3) is 0 Å². The molecule has 28 heavy (non-hydrogen) atoms. The molecule has 0 atom stereocenters. The molecule has 4 aromatic carbocycles. The standard InChI is InChI=1S/C24H18.H3O3P/c1-4-11-19(12-5-1)22-17-10-18-23(20-13-6-2-7-14-20)24(22)21-15-8-3-9-16-21;1-4(2)3/h1-18H;1-3H. The van der Waals surface area contributed by atoms with Crippen LogP contribution in [-0.4, -0.2) is 14.7 Å². The van der Waals surface area contributed by atoms with Gasteiger partial charge < -0.3 is 14.7 Å². The average molecular weight is 388 g/mol. The van der Waals surface area contributed by atoms with Crippen LogP contribution in [0.1, 0.15) is 0 Å². The van der Waals surface area contributed by atoms with E-state index in [9.17, 15) is 0 Å². The molecular formula is C24H21O3P. The highest BCUT2D eigenvalue weighted by Crippen LogP contribution is 2.39. The average Bonchev–Trinajstić information content (AvgIpc) is 2.75. The van der Waals surface area contributed by atoms with Crippen LogP contribution < -0.4 is 0 Å². The molecule has 0 unspecified atom stereocenters. The molecule has 0 radical (unpaired) electrons. The van der Waals surface area contributed by atoms with E-state index in [0.717, 1.165) is 0 Å². The molecule has 0 saturated carbocycles. The van der Waals surface area contributed by atoms with Crippen LogP contribution >= 0.6 is 8.60 Å². The van der Waals surface area contributed by atoms with Gasteiger partial charge in [0.05, 0.1) is 0 Å². The van der Waals surface area contributed by atoms with Gasteiger partial charge in [-0.3, -0.25) is 0 Å². The van der Waals surface area contributed by atoms with Gasteiger partial charge in [-0.25, -0.2) is 0 Å². The van der Waals surface area contributed by atoms with E-state index in [4.69, 9.17) is 14.7 Å². The van der Waals surface area contributed by atoms with Gasteiger partial charge >= 0.3 is 8.60 Å². The van der Waals surface area contributed by atoms with Crippen LogP contribution in [0.25, 0.3) is 33.4 Å². The topological polar surface area (TPSA) is 60.7 Å². The molecule has 140 valence electrons. The first-order valence-corrected chi connectivity index (χ1v) is 10.0. The Bertz CT molecular complexity index is 927. The van der Waals surface area contributed by atoms with E-state index in [1.54, 1.807) is 0 Å². The molecule has 4 aromatic rings. The summed E-state index contributed by atoms with van der Waals surface area (Å²) >= 11 is 0. The van der Waals surface area contributed by atoms with E-state index in [2.05, 4.69) is 109 Å². The highest BCUT2D eigenvalue weighted by Gasteiger charge is 2.13. The number of rotatable bonds is 3. The van der Waals surface area contributed by atoms with Gasteiger partial charge in [0.1, 0.15) is 0 Å².